The molecule has 0 aliphatic heterocycles. The first-order chi connectivity index (χ1) is 13.1. The monoisotopic (exact) mass is 433 g/mol. The van der Waals surface area contributed by atoms with E-state index in [-0.39, 0.29) is 37.8 Å². The van der Waals surface area contributed by atoms with Crippen molar-refractivity contribution in [3.63, 3.8) is 0 Å². The highest BCUT2D eigenvalue weighted by Gasteiger charge is 2.12. The zero-order chi connectivity index (χ0) is 19.1. The number of oxazole rings is 1. The fraction of sp³-hybridized carbons (Fsp3) is 0.200. The zero-order valence-corrected chi connectivity index (χ0v) is 15.9. The molecule has 3 rings (SSSR count). The summed E-state index contributed by atoms with van der Waals surface area (Å²) in [5, 5.41) is 0. The molecule has 7 heteroatoms. The third-order valence-electron chi connectivity index (χ3n) is 3.66. The quantitative estimate of drug-likeness (QED) is 0.377. The number of ether oxygens (including phenoxy) is 2. The van der Waals surface area contributed by atoms with Crippen LogP contribution in [0.3, 0.4) is 0 Å². The van der Waals surface area contributed by atoms with Gasteiger partial charge in [0.05, 0.1) is 18.2 Å². The van der Waals surface area contributed by atoms with Crippen molar-refractivity contribution < 1.29 is 23.1 Å². The summed E-state index contributed by atoms with van der Waals surface area (Å²) in [5.41, 5.74) is 0.337. The number of carbonyl (C=O) groups excluding carboxylic acids is 1. The van der Waals surface area contributed by atoms with Crippen LogP contribution in [0.4, 0.5) is 4.39 Å². The van der Waals surface area contributed by atoms with Crippen molar-refractivity contribution in [2.24, 2.45) is 0 Å². The summed E-state index contributed by atoms with van der Waals surface area (Å²) in [7, 11) is 0. The van der Waals surface area contributed by atoms with E-state index in [0.717, 1.165) is 4.47 Å². The Bertz CT molecular complexity index is 895. The third kappa shape index (κ3) is 5.65. The molecule has 2 aromatic carbocycles. The SMILES string of the molecule is O=C(CCc1ncc(-c2ccccc2F)o1)OCCOc1ccc(Br)cc1. The molecule has 0 fully saturated rings. The van der Waals surface area contributed by atoms with Crippen molar-refractivity contribution in [3.8, 4) is 17.1 Å². The van der Waals surface area contributed by atoms with Crippen molar-refractivity contribution in [1.29, 1.82) is 0 Å². The van der Waals surface area contributed by atoms with Gasteiger partial charge in [-0.05, 0) is 36.4 Å². The molecule has 1 aromatic heterocycles. The average molecular weight is 434 g/mol. The second-order valence-electron chi connectivity index (χ2n) is 5.62. The van der Waals surface area contributed by atoms with E-state index in [2.05, 4.69) is 20.9 Å². The third-order valence-corrected chi connectivity index (χ3v) is 4.19. The van der Waals surface area contributed by atoms with Crippen LogP contribution in [-0.2, 0) is 16.0 Å². The normalized spacial score (nSPS) is 10.6. The molecule has 0 atom stereocenters. The van der Waals surface area contributed by atoms with Crippen LogP contribution in [0.25, 0.3) is 11.3 Å². The van der Waals surface area contributed by atoms with Crippen LogP contribution in [0.2, 0.25) is 0 Å². The van der Waals surface area contributed by atoms with Gasteiger partial charge in [-0.15, -0.1) is 0 Å². The molecule has 0 bridgehead atoms. The smallest absolute Gasteiger partial charge is 0.306 e. The van der Waals surface area contributed by atoms with Gasteiger partial charge < -0.3 is 13.9 Å². The van der Waals surface area contributed by atoms with Crippen LogP contribution in [0.15, 0.2) is 63.6 Å². The molecule has 1 heterocycles. The van der Waals surface area contributed by atoms with Gasteiger partial charge in [-0.2, -0.15) is 0 Å². The Morgan fingerprint density at radius 1 is 1.11 bits per heavy atom. The Morgan fingerprint density at radius 3 is 2.67 bits per heavy atom. The minimum atomic E-state index is -0.384. The molecular formula is C20H17BrFNO4. The fourth-order valence-electron chi connectivity index (χ4n) is 2.34. The number of esters is 1. The summed E-state index contributed by atoms with van der Waals surface area (Å²) in [5.74, 6) is 0.635. The summed E-state index contributed by atoms with van der Waals surface area (Å²) in [6.07, 6.45) is 1.85. The number of aryl methyl sites for hydroxylation is 1. The zero-order valence-electron chi connectivity index (χ0n) is 14.4. The van der Waals surface area contributed by atoms with Gasteiger partial charge in [0.25, 0.3) is 0 Å². The maximum Gasteiger partial charge on any atom is 0.306 e. The summed E-state index contributed by atoms with van der Waals surface area (Å²) in [4.78, 5) is 15.9. The van der Waals surface area contributed by atoms with E-state index >= 15 is 0 Å². The lowest BCUT2D eigenvalue weighted by molar-refractivity contribution is -0.144. The molecule has 0 aliphatic rings. The molecule has 0 saturated carbocycles. The molecule has 0 aliphatic carbocycles. The molecule has 0 radical (unpaired) electrons. The van der Waals surface area contributed by atoms with Crippen molar-refractivity contribution in [1.82, 2.24) is 4.98 Å². The molecule has 0 spiro atoms. The van der Waals surface area contributed by atoms with Crippen LogP contribution in [0.1, 0.15) is 12.3 Å². The number of hydrogen-bond donors (Lipinski definition) is 0. The van der Waals surface area contributed by atoms with Gasteiger partial charge in [0.15, 0.2) is 11.7 Å². The van der Waals surface area contributed by atoms with Gasteiger partial charge in [0, 0.05) is 10.9 Å². The number of halogens is 2. The van der Waals surface area contributed by atoms with Crippen molar-refractivity contribution >= 4 is 21.9 Å². The Hall–Kier alpha value is -2.67. The Labute approximate surface area is 164 Å². The van der Waals surface area contributed by atoms with E-state index < -0.39 is 0 Å². The number of carbonyl (C=O) groups is 1. The standard InChI is InChI=1S/C20H17BrFNO4/c21-14-5-7-15(8-6-14)25-11-12-26-20(24)10-9-19-23-13-18(27-19)16-3-1-2-4-17(16)22/h1-8,13H,9-12H2. The van der Waals surface area contributed by atoms with Crippen LogP contribution in [0, 0.1) is 5.82 Å². The lowest BCUT2D eigenvalue weighted by Crippen LogP contribution is -2.12. The lowest BCUT2D eigenvalue weighted by atomic mass is 10.2. The number of aromatic nitrogens is 1. The molecule has 0 amide bonds. The number of benzene rings is 2. The minimum absolute atomic E-state index is 0.121. The van der Waals surface area contributed by atoms with Gasteiger partial charge >= 0.3 is 5.97 Å². The van der Waals surface area contributed by atoms with Gasteiger partial charge in [0.1, 0.15) is 24.8 Å². The van der Waals surface area contributed by atoms with Crippen molar-refractivity contribution in [2.75, 3.05) is 13.2 Å². The van der Waals surface area contributed by atoms with E-state index in [9.17, 15) is 9.18 Å². The van der Waals surface area contributed by atoms with Gasteiger partial charge in [-0.3, -0.25) is 4.79 Å². The minimum Gasteiger partial charge on any atom is -0.490 e. The largest absolute Gasteiger partial charge is 0.490 e. The second kappa shape index (κ2) is 9.32. The molecule has 5 nitrogen and oxygen atoms in total. The predicted molar refractivity (Wildman–Crippen MR) is 101 cm³/mol. The number of rotatable bonds is 8. The molecule has 27 heavy (non-hydrogen) atoms. The highest BCUT2D eigenvalue weighted by atomic mass is 79.9. The fourth-order valence-corrected chi connectivity index (χ4v) is 2.60. The van der Waals surface area contributed by atoms with E-state index in [1.807, 2.05) is 24.3 Å². The molecule has 3 aromatic rings. The summed E-state index contributed by atoms with van der Waals surface area (Å²) in [6.45, 7) is 0.421. The van der Waals surface area contributed by atoms with E-state index in [1.54, 1.807) is 18.2 Å². The predicted octanol–water partition coefficient (Wildman–Crippen LogP) is 4.80. The van der Waals surface area contributed by atoms with Crippen molar-refractivity contribution in [2.45, 2.75) is 12.8 Å². The van der Waals surface area contributed by atoms with Crippen LogP contribution >= 0.6 is 15.9 Å². The number of nitrogens with zero attached hydrogens (tertiary/aromatic N) is 1. The topological polar surface area (TPSA) is 61.6 Å². The molecule has 140 valence electrons. The van der Waals surface area contributed by atoms with Gasteiger partial charge in [-0.25, -0.2) is 9.37 Å². The van der Waals surface area contributed by atoms with Crippen LogP contribution in [0.5, 0.6) is 5.75 Å². The first-order valence-electron chi connectivity index (χ1n) is 8.35. The summed E-state index contributed by atoms with van der Waals surface area (Å²) in [6, 6.07) is 13.7. The van der Waals surface area contributed by atoms with E-state index in [1.165, 1.54) is 12.3 Å². The second-order valence-corrected chi connectivity index (χ2v) is 6.54. The van der Waals surface area contributed by atoms with Crippen LogP contribution < -0.4 is 4.74 Å². The molecule has 0 unspecified atom stereocenters. The highest BCUT2D eigenvalue weighted by molar-refractivity contribution is 9.10. The molecule has 0 saturated heterocycles. The summed E-state index contributed by atoms with van der Waals surface area (Å²) >= 11 is 3.34. The lowest BCUT2D eigenvalue weighted by Gasteiger charge is -2.07. The highest BCUT2D eigenvalue weighted by Crippen LogP contribution is 2.23. The Morgan fingerprint density at radius 2 is 1.89 bits per heavy atom. The Kier molecular flexibility index (Phi) is 6.59. The van der Waals surface area contributed by atoms with E-state index in [4.69, 9.17) is 13.9 Å². The summed E-state index contributed by atoms with van der Waals surface area (Å²) < 4.78 is 30.8. The Balaban J connectivity index is 1.39. The average Bonchev–Trinajstić information content (AvgIpc) is 3.14. The first-order valence-corrected chi connectivity index (χ1v) is 9.15. The van der Waals surface area contributed by atoms with E-state index in [0.29, 0.717) is 23.0 Å². The maximum atomic E-state index is 13.7. The molecule has 0 N–H and O–H groups in total. The molecular weight excluding hydrogens is 417 g/mol. The first kappa shape index (κ1) is 19.1. The number of hydrogen-bond acceptors (Lipinski definition) is 5. The van der Waals surface area contributed by atoms with Crippen LogP contribution in [-0.4, -0.2) is 24.2 Å². The van der Waals surface area contributed by atoms with Gasteiger partial charge in [0.2, 0.25) is 0 Å². The van der Waals surface area contributed by atoms with Gasteiger partial charge in [-0.1, -0.05) is 28.1 Å². The maximum absolute atomic E-state index is 13.7. The van der Waals surface area contributed by atoms with Crippen molar-refractivity contribution in [3.05, 3.63) is 70.9 Å².